The van der Waals surface area contributed by atoms with Gasteiger partial charge < -0.3 is 0 Å². The molecule has 17 heavy (non-hydrogen) atoms. The standard InChI is InChI=1S/C8H12.C7H8.C2H6/c1-7-4-3-5-8(2)6-7;1-7-5-3-2-4-6-7;1-2/h3-5,7H,6H2,1-2H3;2-6H,1H3;1-2H3. The van der Waals surface area contributed by atoms with Gasteiger partial charge in [-0.1, -0.05) is 80.5 Å². The van der Waals surface area contributed by atoms with Gasteiger partial charge in [0.15, 0.2) is 0 Å². The Morgan fingerprint density at radius 2 is 1.59 bits per heavy atom. The number of allylic oxidation sites excluding steroid dienone is 4. The fourth-order valence-electron chi connectivity index (χ4n) is 1.59. The molecule has 1 aromatic rings. The van der Waals surface area contributed by atoms with E-state index in [-0.39, 0.29) is 0 Å². The lowest BCUT2D eigenvalue weighted by atomic mass is 9.97. The topological polar surface area (TPSA) is 0 Å². The summed E-state index contributed by atoms with van der Waals surface area (Å²) in [7, 11) is 0. The molecule has 0 fully saturated rings. The summed E-state index contributed by atoms with van der Waals surface area (Å²) in [4.78, 5) is 0. The number of rotatable bonds is 0. The van der Waals surface area contributed by atoms with E-state index in [2.05, 4.69) is 51.1 Å². The second kappa shape index (κ2) is 9.89. The van der Waals surface area contributed by atoms with Crippen molar-refractivity contribution in [1.82, 2.24) is 0 Å². The van der Waals surface area contributed by atoms with Gasteiger partial charge in [0, 0.05) is 0 Å². The average molecular weight is 230 g/mol. The highest BCUT2D eigenvalue weighted by Gasteiger charge is 2.00. The van der Waals surface area contributed by atoms with Crippen molar-refractivity contribution in [2.24, 2.45) is 5.92 Å². The van der Waals surface area contributed by atoms with E-state index in [9.17, 15) is 0 Å². The smallest absolute Gasteiger partial charge is 0.0222 e. The van der Waals surface area contributed by atoms with Crippen LogP contribution in [0.3, 0.4) is 0 Å². The van der Waals surface area contributed by atoms with Crippen LogP contribution in [-0.2, 0) is 0 Å². The number of hydrogen-bond donors (Lipinski definition) is 0. The minimum absolute atomic E-state index is 0.764. The second-order valence-corrected chi connectivity index (χ2v) is 4.23. The first-order valence-corrected chi connectivity index (χ1v) is 6.54. The minimum atomic E-state index is 0.764. The lowest BCUT2D eigenvalue weighted by Gasteiger charge is -2.08. The van der Waals surface area contributed by atoms with Crippen LogP contribution in [0.25, 0.3) is 0 Å². The molecule has 94 valence electrons. The summed E-state index contributed by atoms with van der Waals surface area (Å²) >= 11 is 0. The molecule has 0 heterocycles. The highest BCUT2D eigenvalue weighted by molar-refractivity contribution is 5.17. The maximum Gasteiger partial charge on any atom is -0.0222 e. The largest absolute Gasteiger partial charge is 0.0814 e. The molecule has 0 amide bonds. The molecule has 1 aliphatic carbocycles. The van der Waals surface area contributed by atoms with Crippen molar-refractivity contribution in [1.29, 1.82) is 0 Å². The van der Waals surface area contributed by atoms with Gasteiger partial charge in [0.1, 0.15) is 0 Å². The summed E-state index contributed by atoms with van der Waals surface area (Å²) in [6.07, 6.45) is 7.81. The van der Waals surface area contributed by atoms with E-state index < -0.39 is 0 Å². The van der Waals surface area contributed by atoms with E-state index >= 15 is 0 Å². The molecule has 0 saturated heterocycles. The van der Waals surface area contributed by atoms with Crippen molar-refractivity contribution >= 4 is 0 Å². The van der Waals surface area contributed by atoms with E-state index in [0.29, 0.717) is 0 Å². The van der Waals surface area contributed by atoms with Crippen LogP contribution in [0.1, 0.15) is 39.7 Å². The highest BCUT2D eigenvalue weighted by atomic mass is 14.1. The third-order valence-electron chi connectivity index (χ3n) is 2.40. The Kier molecular flexibility index (Phi) is 9.14. The van der Waals surface area contributed by atoms with Crippen LogP contribution in [0.5, 0.6) is 0 Å². The molecule has 1 unspecified atom stereocenters. The third-order valence-corrected chi connectivity index (χ3v) is 2.40. The summed E-state index contributed by atoms with van der Waals surface area (Å²) in [6.45, 7) is 10.5. The van der Waals surface area contributed by atoms with Gasteiger partial charge in [0.2, 0.25) is 0 Å². The fourth-order valence-corrected chi connectivity index (χ4v) is 1.59. The maximum absolute atomic E-state index is 2.24. The number of hydrogen-bond acceptors (Lipinski definition) is 0. The Labute approximate surface area is 107 Å². The van der Waals surface area contributed by atoms with E-state index in [4.69, 9.17) is 0 Å². The van der Waals surface area contributed by atoms with Gasteiger partial charge in [-0.3, -0.25) is 0 Å². The van der Waals surface area contributed by atoms with Crippen molar-refractivity contribution in [3.8, 4) is 0 Å². The van der Waals surface area contributed by atoms with E-state index in [0.717, 1.165) is 5.92 Å². The van der Waals surface area contributed by atoms with Gasteiger partial charge in [0.05, 0.1) is 0 Å². The zero-order valence-electron chi connectivity index (χ0n) is 11.9. The summed E-state index contributed by atoms with van der Waals surface area (Å²) in [5, 5.41) is 0. The lowest BCUT2D eigenvalue weighted by Crippen LogP contribution is -1.93. The van der Waals surface area contributed by atoms with Crippen LogP contribution < -0.4 is 0 Å². The monoisotopic (exact) mass is 230 g/mol. The van der Waals surface area contributed by atoms with Gasteiger partial charge in [-0.05, 0) is 26.2 Å². The summed E-state index contributed by atoms with van der Waals surface area (Å²) in [5.41, 5.74) is 2.82. The molecule has 0 radical (unpaired) electrons. The van der Waals surface area contributed by atoms with Crippen LogP contribution in [-0.4, -0.2) is 0 Å². The molecule has 1 atom stereocenters. The summed E-state index contributed by atoms with van der Waals surface area (Å²) in [6, 6.07) is 10.3. The predicted molar refractivity (Wildman–Crippen MR) is 79.2 cm³/mol. The van der Waals surface area contributed by atoms with Crippen molar-refractivity contribution in [2.75, 3.05) is 0 Å². The van der Waals surface area contributed by atoms with Crippen molar-refractivity contribution in [3.63, 3.8) is 0 Å². The molecule has 0 N–H and O–H groups in total. The van der Waals surface area contributed by atoms with Crippen molar-refractivity contribution in [3.05, 3.63) is 59.7 Å². The van der Waals surface area contributed by atoms with E-state index in [1.807, 2.05) is 32.0 Å². The van der Waals surface area contributed by atoms with Crippen LogP contribution in [0.4, 0.5) is 0 Å². The molecule has 0 heteroatoms. The highest BCUT2D eigenvalue weighted by Crippen LogP contribution is 2.16. The van der Waals surface area contributed by atoms with Gasteiger partial charge in [0.25, 0.3) is 0 Å². The molecule has 0 aliphatic heterocycles. The van der Waals surface area contributed by atoms with Gasteiger partial charge in [-0.25, -0.2) is 0 Å². The Hall–Kier alpha value is -1.30. The molecule has 1 aromatic carbocycles. The molecule has 0 bridgehead atoms. The summed E-state index contributed by atoms with van der Waals surface area (Å²) < 4.78 is 0. The Morgan fingerprint density at radius 3 is 1.88 bits per heavy atom. The SMILES string of the molecule is CC.CC1=CC=CC(C)C1.Cc1ccccc1. The normalized spacial score (nSPS) is 17.0. The molecule has 0 saturated carbocycles. The molecule has 0 spiro atoms. The Balaban J connectivity index is 0.000000265. The lowest BCUT2D eigenvalue weighted by molar-refractivity contribution is 0.707. The van der Waals surface area contributed by atoms with E-state index in [1.54, 1.807) is 0 Å². The van der Waals surface area contributed by atoms with Crippen LogP contribution in [0.15, 0.2) is 54.1 Å². The zero-order valence-corrected chi connectivity index (χ0v) is 11.9. The minimum Gasteiger partial charge on any atom is -0.0814 e. The van der Waals surface area contributed by atoms with E-state index in [1.165, 1.54) is 17.6 Å². The zero-order chi connectivity index (χ0) is 13.1. The molecular formula is C17H26. The quantitative estimate of drug-likeness (QED) is 0.548. The maximum atomic E-state index is 2.24. The molecule has 2 rings (SSSR count). The van der Waals surface area contributed by atoms with Crippen molar-refractivity contribution in [2.45, 2.75) is 41.0 Å². The van der Waals surface area contributed by atoms with Crippen LogP contribution >= 0.6 is 0 Å². The van der Waals surface area contributed by atoms with Gasteiger partial charge in [-0.2, -0.15) is 0 Å². The molecule has 0 nitrogen and oxygen atoms in total. The first kappa shape index (κ1) is 15.7. The number of benzene rings is 1. The second-order valence-electron chi connectivity index (χ2n) is 4.23. The number of aryl methyl sites for hydroxylation is 1. The van der Waals surface area contributed by atoms with Crippen LogP contribution in [0.2, 0.25) is 0 Å². The molecular weight excluding hydrogens is 204 g/mol. The first-order chi connectivity index (χ1) is 8.18. The van der Waals surface area contributed by atoms with Gasteiger partial charge >= 0.3 is 0 Å². The van der Waals surface area contributed by atoms with Gasteiger partial charge in [-0.15, -0.1) is 0 Å². The molecule has 0 aromatic heterocycles. The van der Waals surface area contributed by atoms with Crippen molar-refractivity contribution < 1.29 is 0 Å². The predicted octanol–water partition coefficient (Wildman–Crippen LogP) is 5.55. The third kappa shape index (κ3) is 8.50. The average Bonchev–Trinajstić information content (AvgIpc) is 2.33. The molecule has 1 aliphatic rings. The Morgan fingerprint density at radius 1 is 1.00 bits per heavy atom. The summed E-state index contributed by atoms with van der Waals surface area (Å²) in [5.74, 6) is 0.764. The fraction of sp³-hybridized carbons (Fsp3) is 0.412. The Bertz CT molecular complexity index is 330. The first-order valence-electron chi connectivity index (χ1n) is 6.54. The van der Waals surface area contributed by atoms with Crippen LogP contribution in [0, 0.1) is 12.8 Å².